The highest BCUT2D eigenvalue weighted by Crippen LogP contribution is 2.26. The first kappa shape index (κ1) is 11.5. The maximum absolute atomic E-state index is 10.4. The molecule has 0 aromatic heterocycles. The van der Waals surface area contributed by atoms with Crippen LogP contribution in [0.25, 0.3) is 6.08 Å². The number of hydrogen-bond donors (Lipinski definition) is 0. The van der Waals surface area contributed by atoms with Crippen molar-refractivity contribution in [1.82, 2.24) is 0 Å². The predicted octanol–water partition coefficient (Wildman–Crippen LogP) is 3.39. The Kier molecular flexibility index (Phi) is 4.35. The summed E-state index contributed by atoms with van der Waals surface area (Å²) in [4.78, 5) is 10.4. The number of benzene rings is 1. The van der Waals surface area contributed by atoms with Crippen LogP contribution in [0.4, 0.5) is 0 Å². The molecule has 0 aliphatic heterocycles. The van der Waals surface area contributed by atoms with E-state index in [9.17, 15) is 4.79 Å². The molecule has 0 aliphatic rings. The third-order valence-electron chi connectivity index (χ3n) is 1.59. The first-order chi connectivity index (χ1) is 6.67. The fraction of sp³-hybridized carbons (Fsp3) is 0.100. The monoisotopic (exact) mass is 318 g/mol. The molecular weight excluding hydrogens is 312 g/mol. The molecule has 0 aliphatic carbocycles. The van der Waals surface area contributed by atoms with Crippen molar-refractivity contribution in [3.63, 3.8) is 0 Å². The molecule has 0 bridgehead atoms. The number of halogens is 2. The van der Waals surface area contributed by atoms with Gasteiger partial charge in [-0.2, -0.15) is 0 Å². The van der Waals surface area contributed by atoms with Crippen molar-refractivity contribution in [2.45, 2.75) is 0 Å². The second-order valence-corrected chi connectivity index (χ2v) is 4.31. The normalized spacial score (nSPS) is 11.2. The second kappa shape index (κ2) is 5.32. The lowest BCUT2D eigenvalue weighted by atomic mass is 10.2. The van der Waals surface area contributed by atoms with E-state index in [1.165, 1.54) is 0 Å². The first-order valence-electron chi connectivity index (χ1n) is 3.83. The van der Waals surface area contributed by atoms with Gasteiger partial charge < -0.3 is 4.74 Å². The summed E-state index contributed by atoms with van der Waals surface area (Å²) in [6.07, 6.45) is 2.48. The van der Waals surface area contributed by atoms with E-state index in [4.69, 9.17) is 4.74 Å². The fourth-order valence-corrected chi connectivity index (χ4v) is 1.79. The molecular formula is C10H8Br2O2. The Balaban J connectivity index is 3.03. The molecule has 0 fully saturated rings. The maximum atomic E-state index is 10.4. The molecule has 1 aromatic rings. The van der Waals surface area contributed by atoms with Crippen LogP contribution in [0, 0.1) is 0 Å². The van der Waals surface area contributed by atoms with Gasteiger partial charge in [0.05, 0.1) is 16.1 Å². The average molecular weight is 320 g/mol. The van der Waals surface area contributed by atoms with Gasteiger partial charge in [-0.15, -0.1) is 0 Å². The minimum Gasteiger partial charge on any atom is -0.496 e. The highest BCUT2D eigenvalue weighted by molar-refractivity contribution is 9.12. The molecule has 2 nitrogen and oxygen atoms in total. The number of ether oxygens (including phenoxy) is 1. The standard InChI is InChI=1S/C10H8Br2O2/c1-14-10-3-2-7(5-9(10)12)4-8(11)6-13/h2-6H,1H3/b8-4-. The summed E-state index contributed by atoms with van der Waals surface area (Å²) in [7, 11) is 1.61. The van der Waals surface area contributed by atoms with Crippen LogP contribution in [0.1, 0.15) is 5.56 Å². The van der Waals surface area contributed by atoms with Gasteiger partial charge in [0.1, 0.15) is 5.75 Å². The minimum atomic E-state index is 0.509. The molecule has 1 rings (SSSR count). The summed E-state index contributed by atoms with van der Waals surface area (Å²) < 4.78 is 6.45. The maximum Gasteiger partial charge on any atom is 0.157 e. The SMILES string of the molecule is COc1ccc(/C=C(\Br)C=O)cc1Br. The summed E-state index contributed by atoms with van der Waals surface area (Å²) >= 11 is 6.48. The predicted molar refractivity (Wildman–Crippen MR) is 63.7 cm³/mol. The van der Waals surface area contributed by atoms with Crippen LogP contribution in [0.3, 0.4) is 0 Å². The average Bonchev–Trinajstić information content (AvgIpc) is 2.18. The van der Waals surface area contributed by atoms with Gasteiger partial charge in [0.2, 0.25) is 0 Å². The molecule has 4 heteroatoms. The molecule has 0 N–H and O–H groups in total. The summed E-state index contributed by atoms with van der Waals surface area (Å²) in [5.41, 5.74) is 0.927. The quantitative estimate of drug-likeness (QED) is 0.630. The van der Waals surface area contributed by atoms with Crippen molar-refractivity contribution in [2.75, 3.05) is 7.11 Å². The Morgan fingerprint density at radius 1 is 1.50 bits per heavy atom. The molecule has 74 valence electrons. The zero-order valence-electron chi connectivity index (χ0n) is 7.46. The summed E-state index contributed by atoms with van der Waals surface area (Å²) in [5.74, 6) is 0.768. The van der Waals surface area contributed by atoms with Gasteiger partial charge in [-0.25, -0.2) is 0 Å². The van der Waals surface area contributed by atoms with Crippen molar-refractivity contribution < 1.29 is 9.53 Å². The number of aldehydes is 1. The minimum absolute atomic E-state index is 0.509. The van der Waals surface area contributed by atoms with Crippen LogP contribution < -0.4 is 4.74 Å². The van der Waals surface area contributed by atoms with Crippen molar-refractivity contribution in [2.24, 2.45) is 0 Å². The van der Waals surface area contributed by atoms with Crippen LogP contribution in [0.15, 0.2) is 27.2 Å². The largest absolute Gasteiger partial charge is 0.496 e. The van der Waals surface area contributed by atoms with E-state index in [0.717, 1.165) is 22.1 Å². The number of rotatable bonds is 3. The zero-order valence-corrected chi connectivity index (χ0v) is 10.6. The van der Waals surface area contributed by atoms with Crippen molar-refractivity contribution in [3.05, 3.63) is 32.7 Å². The van der Waals surface area contributed by atoms with E-state index in [0.29, 0.717) is 4.48 Å². The van der Waals surface area contributed by atoms with Gasteiger partial charge in [0.25, 0.3) is 0 Å². The molecule has 0 radical (unpaired) electrons. The molecule has 14 heavy (non-hydrogen) atoms. The summed E-state index contributed by atoms with van der Waals surface area (Å²) in [5, 5.41) is 0. The lowest BCUT2D eigenvalue weighted by Crippen LogP contribution is -1.84. The summed E-state index contributed by atoms with van der Waals surface area (Å²) in [6, 6.07) is 5.58. The number of carbonyl (C=O) groups excluding carboxylic acids is 1. The van der Waals surface area contributed by atoms with E-state index in [2.05, 4.69) is 31.9 Å². The van der Waals surface area contributed by atoms with Gasteiger partial charge in [0.15, 0.2) is 6.29 Å². The Morgan fingerprint density at radius 3 is 2.71 bits per heavy atom. The van der Waals surface area contributed by atoms with Crippen LogP contribution in [-0.2, 0) is 4.79 Å². The van der Waals surface area contributed by atoms with Crippen molar-refractivity contribution >= 4 is 44.2 Å². The van der Waals surface area contributed by atoms with Crippen molar-refractivity contribution in [1.29, 1.82) is 0 Å². The van der Waals surface area contributed by atoms with Gasteiger partial charge >= 0.3 is 0 Å². The van der Waals surface area contributed by atoms with Crippen LogP contribution in [0.2, 0.25) is 0 Å². The number of methoxy groups -OCH3 is 1. The smallest absolute Gasteiger partial charge is 0.157 e. The van der Waals surface area contributed by atoms with Crippen molar-refractivity contribution in [3.8, 4) is 5.75 Å². The molecule has 1 aromatic carbocycles. The zero-order chi connectivity index (χ0) is 10.6. The van der Waals surface area contributed by atoms with E-state index in [-0.39, 0.29) is 0 Å². The highest BCUT2D eigenvalue weighted by Gasteiger charge is 1.99. The first-order valence-corrected chi connectivity index (χ1v) is 5.42. The van der Waals surface area contributed by atoms with Gasteiger partial charge in [-0.1, -0.05) is 6.07 Å². The lowest BCUT2D eigenvalue weighted by molar-refractivity contribution is -0.104. The molecule has 0 atom stereocenters. The lowest BCUT2D eigenvalue weighted by Gasteiger charge is -2.03. The Bertz CT molecular complexity index is 372. The van der Waals surface area contributed by atoms with Gasteiger partial charge in [-0.05, 0) is 55.6 Å². The Hall–Kier alpha value is -0.610. The third-order valence-corrected chi connectivity index (χ3v) is 2.63. The molecule has 0 heterocycles. The number of hydrogen-bond acceptors (Lipinski definition) is 2. The van der Waals surface area contributed by atoms with Crippen LogP contribution in [0.5, 0.6) is 5.75 Å². The van der Waals surface area contributed by atoms with E-state index < -0.39 is 0 Å². The Labute approximate surface area is 99.2 Å². The van der Waals surface area contributed by atoms with E-state index in [1.807, 2.05) is 18.2 Å². The van der Waals surface area contributed by atoms with Crippen LogP contribution in [-0.4, -0.2) is 13.4 Å². The fourth-order valence-electron chi connectivity index (χ4n) is 0.966. The summed E-state index contributed by atoms with van der Waals surface area (Å²) in [6.45, 7) is 0. The molecule has 0 saturated heterocycles. The highest BCUT2D eigenvalue weighted by atomic mass is 79.9. The topological polar surface area (TPSA) is 26.3 Å². The Morgan fingerprint density at radius 2 is 2.21 bits per heavy atom. The van der Waals surface area contributed by atoms with E-state index >= 15 is 0 Å². The molecule has 0 unspecified atom stereocenters. The molecule has 0 spiro atoms. The number of allylic oxidation sites excluding steroid dienone is 1. The molecule has 0 amide bonds. The molecule has 0 saturated carbocycles. The van der Waals surface area contributed by atoms with Crippen LogP contribution >= 0.6 is 31.9 Å². The van der Waals surface area contributed by atoms with Gasteiger partial charge in [-0.3, -0.25) is 4.79 Å². The van der Waals surface area contributed by atoms with E-state index in [1.54, 1.807) is 13.2 Å². The second-order valence-electron chi connectivity index (χ2n) is 2.54. The van der Waals surface area contributed by atoms with Gasteiger partial charge in [0, 0.05) is 0 Å². The third kappa shape index (κ3) is 2.96. The number of carbonyl (C=O) groups is 1.